The van der Waals surface area contributed by atoms with Crippen molar-refractivity contribution in [2.45, 2.75) is 19.4 Å². The Kier molecular flexibility index (Phi) is 3.90. The van der Waals surface area contributed by atoms with Crippen molar-refractivity contribution in [2.75, 3.05) is 5.32 Å². The molecule has 74 valence electrons. The molecule has 0 spiro atoms. The lowest BCUT2D eigenvalue weighted by Gasteiger charge is -2.11. The maximum Gasteiger partial charge on any atom is 0.146 e. The first-order chi connectivity index (χ1) is 6.67. The van der Waals surface area contributed by atoms with Gasteiger partial charge < -0.3 is 5.32 Å². The van der Waals surface area contributed by atoms with Crippen molar-refractivity contribution in [3.63, 3.8) is 0 Å². The van der Waals surface area contributed by atoms with Crippen molar-refractivity contribution in [1.29, 1.82) is 5.26 Å². The molecule has 0 saturated heterocycles. The van der Waals surface area contributed by atoms with Gasteiger partial charge in [-0.15, -0.1) is 0 Å². The summed E-state index contributed by atoms with van der Waals surface area (Å²) in [6.07, 6.45) is 0.641. The van der Waals surface area contributed by atoms with Gasteiger partial charge in [0.2, 0.25) is 0 Å². The molecular weight excluding hydrogens is 247 g/mol. The van der Waals surface area contributed by atoms with Gasteiger partial charge in [0.25, 0.3) is 0 Å². The second kappa shape index (κ2) is 4.97. The Morgan fingerprint density at radius 2 is 2.36 bits per heavy atom. The number of hydrogen-bond acceptors (Lipinski definition) is 2. The molecule has 1 unspecified atom stereocenters. The Hall–Kier alpha value is -1.08. The van der Waals surface area contributed by atoms with E-state index in [0.29, 0.717) is 12.1 Å². The van der Waals surface area contributed by atoms with E-state index in [9.17, 15) is 4.39 Å². The smallest absolute Gasteiger partial charge is 0.146 e. The lowest BCUT2D eigenvalue weighted by atomic mass is 10.2. The van der Waals surface area contributed by atoms with Crippen molar-refractivity contribution < 1.29 is 4.39 Å². The minimum Gasteiger partial charge on any atom is -0.367 e. The van der Waals surface area contributed by atoms with Gasteiger partial charge >= 0.3 is 0 Å². The first-order valence-electron chi connectivity index (χ1n) is 4.28. The summed E-state index contributed by atoms with van der Waals surface area (Å²) in [7, 11) is 0. The van der Waals surface area contributed by atoms with Crippen LogP contribution in [0.1, 0.15) is 13.3 Å². The number of hydrogen-bond donors (Lipinski definition) is 1. The maximum atomic E-state index is 13.2. The fourth-order valence-electron chi connectivity index (χ4n) is 1.02. The van der Waals surface area contributed by atoms with Gasteiger partial charge in [0.05, 0.1) is 11.8 Å². The standard InChI is InChI=1S/C10H10BrFN2/c1-2-8(6-13)14-10-5-7(11)3-4-9(10)12/h3-5,8,14H,2H2,1H3. The van der Waals surface area contributed by atoms with Gasteiger partial charge in [-0.25, -0.2) is 4.39 Å². The van der Waals surface area contributed by atoms with Crippen LogP contribution in [0, 0.1) is 17.1 Å². The van der Waals surface area contributed by atoms with E-state index in [4.69, 9.17) is 5.26 Å². The molecule has 0 bridgehead atoms. The van der Waals surface area contributed by atoms with Crippen molar-refractivity contribution in [3.8, 4) is 6.07 Å². The highest BCUT2D eigenvalue weighted by Gasteiger charge is 2.07. The van der Waals surface area contributed by atoms with Crippen molar-refractivity contribution in [3.05, 3.63) is 28.5 Å². The number of benzene rings is 1. The summed E-state index contributed by atoms with van der Waals surface area (Å²) in [5.74, 6) is -0.345. The molecule has 1 aromatic carbocycles. The summed E-state index contributed by atoms with van der Waals surface area (Å²) in [5.41, 5.74) is 0.354. The molecule has 1 N–H and O–H groups in total. The fraction of sp³-hybridized carbons (Fsp3) is 0.300. The van der Waals surface area contributed by atoms with E-state index in [1.54, 1.807) is 12.1 Å². The van der Waals surface area contributed by atoms with Crippen LogP contribution in [0.15, 0.2) is 22.7 Å². The third-order valence-electron chi connectivity index (χ3n) is 1.82. The first-order valence-corrected chi connectivity index (χ1v) is 5.08. The molecule has 0 saturated carbocycles. The molecule has 0 aliphatic rings. The molecule has 0 radical (unpaired) electrons. The van der Waals surface area contributed by atoms with Crippen molar-refractivity contribution in [2.24, 2.45) is 0 Å². The van der Waals surface area contributed by atoms with Gasteiger partial charge in [-0.2, -0.15) is 5.26 Å². The van der Waals surface area contributed by atoms with Crippen LogP contribution in [0.4, 0.5) is 10.1 Å². The number of halogens is 2. The molecule has 0 fully saturated rings. The van der Waals surface area contributed by atoms with Gasteiger partial charge in [-0.05, 0) is 24.6 Å². The van der Waals surface area contributed by atoms with Crippen LogP contribution >= 0.6 is 15.9 Å². The van der Waals surface area contributed by atoms with Crippen LogP contribution in [-0.2, 0) is 0 Å². The fourth-order valence-corrected chi connectivity index (χ4v) is 1.38. The maximum absolute atomic E-state index is 13.2. The van der Waals surface area contributed by atoms with E-state index in [0.717, 1.165) is 4.47 Å². The summed E-state index contributed by atoms with van der Waals surface area (Å²) in [6, 6.07) is 6.30. The predicted octanol–water partition coefficient (Wildman–Crippen LogP) is 3.30. The number of nitrogens with zero attached hydrogens (tertiary/aromatic N) is 1. The SMILES string of the molecule is CCC(C#N)Nc1cc(Br)ccc1F. The molecule has 0 heterocycles. The molecule has 4 heteroatoms. The van der Waals surface area contributed by atoms with E-state index < -0.39 is 0 Å². The number of rotatable bonds is 3. The molecule has 0 aliphatic heterocycles. The van der Waals surface area contributed by atoms with Crippen molar-refractivity contribution in [1.82, 2.24) is 0 Å². The molecule has 0 aromatic heterocycles. The molecule has 2 nitrogen and oxygen atoms in total. The first kappa shape index (κ1) is 11.0. The lowest BCUT2D eigenvalue weighted by Crippen LogP contribution is -2.16. The monoisotopic (exact) mass is 256 g/mol. The Morgan fingerprint density at radius 1 is 1.64 bits per heavy atom. The molecule has 14 heavy (non-hydrogen) atoms. The third-order valence-corrected chi connectivity index (χ3v) is 2.32. The number of nitriles is 1. The second-order valence-electron chi connectivity index (χ2n) is 2.86. The van der Waals surface area contributed by atoms with Gasteiger partial charge in [0.15, 0.2) is 0 Å². The van der Waals surface area contributed by atoms with E-state index in [-0.39, 0.29) is 11.9 Å². The average Bonchev–Trinajstić information content (AvgIpc) is 2.19. The Bertz CT molecular complexity index is 360. The summed E-state index contributed by atoms with van der Waals surface area (Å²) >= 11 is 3.24. The van der Waals surface area contributed by atoms with Crippen LogP contribution in [0.2, 0.25) is 0 Å². The third kappa shape index (κ3) is 2.71. The predicted molar refractivity (Wildman–Crippen MR) is 57.4 cm³/mol. The van der Waals surface area contributed by atoms with E-state index >= 15 is 0 Å². The zero-order valence-corrected chi connectivity index (χ0v) is 9.31. The zero-order chi connectivity index (χ0) is 10.6. The molecular formula is C10H10BrFN2. The number of nitrogens with one attached hydrogen (secondary N) is 1. The van der Waals surface area contributed by atoms with Crippen LogP contribution < -0.4 is 5.32 Å². The average molecular weight is 257 g/mol. The second-order valence-corrected chi connectivity index (χ2v) is 3.77. The summed E-state index contributed by atoms with van der Waals surface area (Å²) in [6.45, 7) is 1.87. The summed E-state index contributed by atoms with van der Waals surface area (Å²) < 4.78 is 14.0. The quantitative estimate of drug-likeness (QED) is 0.901. The summed E-state index contributed by atoms with van der Waals surface area (Å²) in [5, 5.41) is 11.5. The Morgan fingerprint density at radius 3 is 2.93 bits per heavy atom. The highest BCUT2D eigenvalue weighted by molar-refractivity contribution is 9.10. The van der Waals surface area contributed by atoms with Crippen LogP contribution in [-0.4, -0.2) is 6.04 Å². The van der Waals surface area contributed by atoms with Gasteiger partial charge in [-0.1, -0.05) is 22.9 Å². The zero-order valence-electron chi connectivity index (χ0n) is 7.72. The Balaban J connectivity index is 2.86. The van der Waals surface area contributed by atoms with E-state index in [1.807, 2.05) is 6.92 Å². The molecule has 0 amide bonds. The summed E-state index contributed by atoms with van der Waals surface area (Å²) in [4.78, 5) is 0. The van der Waals surface area contributed by atoms with Crippen molar-refractivity contribution >= 4 is 21.6 Å². The molecule has 1 rings (SSSR count). The van der Waals surface area contributed by atoms with Crippen LogP contribution in [0.3, 0.4) is 0 Å². The van der Waals surface area contributed by atoms with Crippen LogP contribution in [0.5, 0.6) is 0 Å². The molecule has 1 aromatic rings. The van der Waals surface area contributed by atoms with E-state index in [1.165, 1.54) is 6.07 Å². The Labute approximate surface area is 90.9 Å². The minimum atomic E-state index is -0.348. The largest absolute Gasteiger partial charge is 0.367 e. The number of anilines is 1. The van der Waals surface area contributed by atoms with Gasteiger partial charge in [-0.3, -0.25) is 0 Å². The van der Waals surface area contributed by atoms with Crippen LogP contribution in [0.25, 0.3) is 0 Å². The topological polar surface area (TPSA) is 35.8 Å². The highest BCUT2D eigenvalue weighted by Crippen LogP contribution is 2.20. The minimum absolute atomic E-state index is 0.345. The normalized spacial score (nSPS) is 11.9. The lowest BCUT2D eigenvalue weighted by molar-refractivity contribution is 0.627. The van der Waals surface area contributed by atoms with Gasteiger partial charge in [0.1, 0.15) is 11.9 Å². The highest BCUT2D eigenvalue weighted by atomic mass is 79.9. The molecule has 1 atom stereocenters. The van der Waals surface area contributed by atoms with Gasteiger partial charge in [0, 0.05) is 4.47 Å². The molecule has 0 aliphatic carbocycles. The van der Waals surface area contributed by atoms with E-state index in [2.05, 4.69) is 27.3 Å².